The number of pyridine rings is 1. The molecule has 0 aliphatic heterocycles. The van der Waals surface area contributed by atoms with Gasteiger partial charge in [0.25, 0.3) is 5.91 Å². The molecule has 0 spiro atoms. The Balaban J connectivity index is 1.51. The first-order valence-corrected chi connectivity index (χ1v) is 9.91. The Morgan fingerprint density at radius 1 is 1.43 bits per heavy atom. The molecule has 1 N–H and O–H groups in total. The van der Waals surface area contributed by atoms with Gasteiger partial charge in [0.2, 0.25) is 0 Å². The molecule has 1 amide bonds. The second-order valence-corrected chi connectivity index (χ2v) is 7.58. The van der Waals surface area contributed by atoms with Crippen molar-refractivity contribution in [3.63, 3.8) is 0 Å². The topological polar surface area (TPSA) is 82.2 Å². The van der Waals surface area contributed by atoms with Crippen LogP contribution in [0, 0.1) is 5.92 Å². The van der Waals surface area contributed by atoms with E-state index in [-0.39, 0.29) is 11.9 Å². The van der Waals surface area contributed by atoms with Gasteiger partial charge in [0.15, 0.2) is 11.4 Å². The molecule has 0 unspecified atom stereocenters. The summed E-state index contributed by atoms with van der Waals surface area (Å²) in [6.07, 6.45) is 6.68. The van der Waals surface area contributed by atoms with E-state index in [2.05, 4.69) is 10.4 Å². The van der Waals surface area contributed by atoms with Crippen LogP contribution in [-0.4, -0.2) is 40.4 Å². The maximum absolute atomic E-state index is 12.9. The molecule has 3 heterocycles. The molecule has 3 aromatic rings. The Kier molecular flexibility index (Phi) is 5.43. The SMILES string of the molecule is CC(C)n1ncc2c(C(=O)NCCCOCC3CC3)cc(-c3ccco3)nc21. The van der Waals surface area contributed by atoms with E-state index in [0.29, 0.717) is 35.8 Å². The quantitative estimate of drug-likeness (QED) is 0.569. The minimum Gasteiger partial charge on any atom is -0.463 e. The highest BCUT2D eigenvalue weighted by atomic mass is 16.5. The average molecular weight is 382 g/mol. The molecule has 1 aliphatic rings. The lowest BCUT2D eigenvalue weighted by molar-refractivity contribution is 0.0939. The molecule has 0 aromatic carbocycles. The molecule has 28 heavy (non-hydrogen) atoms. The lowest BCUT2D eigenvalue weighted by Gasteiger charge is -2.10. The molecule has 1 fully saturated rings. The number of carbonyl (C=O) groups is 1. The fraction of sp³-hybridized carbons (Fsp3) is 0.476. The molecule has 1 aliphatic carbocycles. The van der Waals surface area contributed by atoms with Crippen LogP contribution in [-0.2, 0) is 4.74 Å². The fourth-order valence-electron chi connectivity index (χ4n) is 3.14. The lowest BCUT2D eigenvalue weighted by Crippen LogP contribution is -2.25. The molecule has 1 saturated carbocycles. The molecular formula is C21H26N4O3. The van der Waals surface area contributed by atoms with Crippen molar-refractivity contribution >= 4 is 16.9 Å². The normalized spacial score (nSPS) is 14.1. The number of carbonyl (C=O) groups excluding carboxylic acids is 1. The zero-order valence-corrected chi connectivity index (χ0v) is 16.4. The van der Waals surface area contributed by atoms with Gasteiger partial charge in [0.1, 0.15) is 5.69 Å². The summed E-state index contributed by atoms with van der Waals surface area (Å²) in [5, 5.41) is 8.16. The van der Waals surface area contributed by atoms with Gasteiger partial charge in [0.05, 0.1) is 23.4 Å². The molecule has 3 aromatic heterocycles. The van der Waals surface area contributed by atoms with Gasteiger partial charge < -0.3 is 14.5 Å². The summed E-state index contributed by atoms with van der Waals surface area (Å²) in [5.74, 6) is 1.25. The van der Waals surface area contributed by atoms with E-state index in [1.54, 1.807) is 18.5 Å². The van der Waals surface area contributed by atoms with Crippen LogP contribution >= 0.6 is 0 Å². The van der Waals surface area contributed by atoms with Crippen LogP contribution < -0.4 is 5.32 Å². The Hall–Kier alpha value is -2.67. The van der Waals surface area contributed by atoms with Crippen LogP contribution in [0.4, 0.5) is 0 Å². The van der Waals surface area contributed by atoms with Gasteiger partial charge in [-0.05, 0) is 57.2 Å². The first-order chi connectivity index (χ1) is 13.6. The Labute approximate surface area is 164 Å². The van der Waals surface area contributed by atoms with Crippen molar-refractivity contribution in [3.05, 3.63) is 36.2 Å². The summed E-state index contributed by atoms with van der Waals surface area (Å²) < 4.78 is 12.9. The lowest BCUT2D eigenvalue weighted by atomic mass is 10.1. The molecule has 0 saturated heterocycles. The number of ether oxygens (including phenoxy) is 1. The van der Waals surface area contributed by atoms with E-state index >= 15 is 0 Å². The summed E-state index contributed by atoms with van der Waals surface area (Å²) in [6.45, 7) is 6.16. The molecule has 7 heteroatoms. The number of nitrogens with one attached hydrogen (secondary N) is 1. The number of furan rings is 1. The van der Waals surface area contributed by atoms with Crippen LogP contribution in [0.3, 0.4) is 0 Å². The van der Waals surface area contributed by atoms with Gasteiger partial charge in [0, 0.05) is 25.8 Å². The van der Waals surface area contributed by atoms with Crippen molar-refractivity contribution in [1.29, 1.82) is 0 Å². The average Bonchev–Trinajstić information content (AvgIpc) is 3.18. The molecule has 4 rings (SSSR count). The van der Waals surface area contributed by atoms with Gasteiger partial charge in [-0.25, -0.2) is 9.67 Å². The second kappa shape index (κ2) is 8.14. The summed E-state index contributed by atoms with van der Waals surface area (Å²) in [5.41, 5.74) is 1.86. The predicted molar refractivity (Wildman–Crippen MR) is 106 cm³/mol. The molecule has 0 atom stereocenters. The summed E-state index contributed by atoms with van der Waals surface area (Å²) in [7, 11) is 0. The third-order valence-corrected chi connectivity index (χ3v) is 4.88. The summed E-state index contributed by atoms with van der Waals surface area (Å²) >= 11 is 0. The standard InChI is InChI=1S/C21H26N4O3/c1-14(2)25-20-17(12-23-25)16(11-18(24-20)19-5-3-10-28-19)21(26)22-8-4-9-27-13-15-6-7-15/h3,5,10-12,14-15H,4,6-9,13H2,1-2H3,(H,22,26). The van der Waals surface area contributed by atoms with Crippen molar-refractivity contribution in [2.24, 2.45) is 5.92 Å². The molecule has 148 valence electrons. The van der Waals surface area contributed by atoms with Crippen molar-refractivity contribution in [3.8, 4) is 11.5 Å². The zero-order valence-electron chi connectivity index (χ0n) is 16.4. The van der Waals surface area contributed by atoms with Crippen LogP contribution in [0.5, 0.6) is 0 Å². The van der Waals surface area contributed by atoms with Gasteiger partial charge in [-0.2, -0.15) is 5.10 Å². The number of hydrogen-bond donors (Lipinski definition) is 1. The van der Waals surface area contributed by atoms with Gasteiger partial charge in [-0.15, -0.1) is 0 Å². The van der Waals surface area contributed by atoms with Gasteiger partial charge in [-0.3, -0.25) is 4.79 Å². The third kappa shape index (κ3) is 4.09. The van der Waals surface area contributed by atoms with Crippen LogP contribution in [0.1, 0.15) is 49.5 Å². The maximum atomic E-state index is 12.9. The van der Waals surface area contributed by atoms with Crippen molar-refractivity contribution in [1.82, 2.24) is 20.1 Å². The first-order valence-electron chi connectivity index (χ1n) is 9.91. The largest absolute Gasteiger partial charge is 0.463 e. The third-order valence-electron chi connectivity index (χ3n) is 4.88. The fourth-order valence-corrected chi connectivity index (χ4v) is 3.14. The number of amides is 1. The smallest absolute Gasteiger partial charge is 0.252 e. The molecule has 0 bridgehead atoms. The van der Waals surface area contributed by atoms with E-state index in [1.807, 2.05) is 30.7 Å². The number of rotatable bonds is 9. The monoisotopic (exact) mass is 382 g/mol. The molecule has 0 radical (unpaired) electrons. The second-order valence-electron chi connectivity index (χ2n) is 7.58. The Morgan fingerprint density at radius 2 is 2.29 bits per heavy atom. The summed E-state index contributed by atoms with van der Waals surface area (Å²) in [6, 6.07) is 5.55. The van der Waals surface area contributed by atoms with Gasteiger partial charge >= 0.3 is 0 Å². The van der Waals surface area contributed by atoms with Crippen molar-refractivity contribution in [2.45, 2.75) is 39.2 Å². The summed E-state index contributed by atoms with van der Waals surface area (Å²) in [4.78, 5) is 17.6. The minimum absolute atomic E-state index is 0.134. The number of hydrogen-bond acceptors (Lipinski definition) is 5. The minimum atomic E-state index is -0.134. The van der Waals surface area contributed by atoms with E-state index < -0.39 is 0 Å². The maximum Gasteiger partial charge on any atom is 0.252 e. The highest BCUT2D eigenvalue weighted by Crippen LogP contribution is 2.29. The molecule has 7 nitrogen and oxygen atoms in total. The Morgan fingerprint density at radius 3 is 3.00 bits per heavy atom. The highest BCUT2D eigenvalue weighted by molar-refractivity contribution is 6.06. The Bertz CT molecular complexity index is 942. The number of aromatic nitrogens is 3. The van der Waals surface area contributed by atoms with Crippen molar-refractivity contribution < 1.29 is 13.9 Å². The van der Waals surface area contributed by atoms with Crippen molar-refractivity contribution in [2.75, 3.05) is 19.8 Å². The van der Waals surface area contributed by atoms with Crippen LogP contribution in [0.25, 0.3) is 22.5 Å². The molecular weight excluding hydrogens is 356 g/mol. The van der Waals surface area contributed by atoms with Crippen LogP contribution in [0.15, 0.2) is 35.1 Å². The van der Waals surface area contributed by atoms with E-state index in [1.165, 1.54) is 12.8 Å². The predicted octanol–water partition coefficient (Wildman–Crippen LogP) is 3.82. The number of nitrogens with zero attached hydrogens (tertiary/aromatic N) is 3. The van der Waals surface area contributed by atoms with Crippen LogP contribution in [0.2, 0.25) is 0 Å². The van der Waals surface area contributed by atoms with E-state index in [0.717, 1.165) is 24.3 Å². The zero-order chi connectivity index (χ0) is 19.5. The van der Waals surface area contributed by atoms with E-state index in [9.17, 15) is 4.79 Å². The van der Waals surface area contributed by atoms with E-state index in [4.69, 9.17) is 14.1 Å². The highest BCUT2D eigenvalue weighted by Gasteiger charge is 2.21. The number of fused-ring (bicyclic) bond motifs is 1. The first kappa shape index (κ1) is 18.7. The van der Waals surface area contributed by atoms with Gasteiger partial charge in [-0.1, -0.05) is 0 Å².